The van der Waals surface area contributed by atoms with E-state index in [-0.39, 0.29) is 11.9 Å². The molecule has 0 saturated carbocycles. The van der Waals surface area contributed by atoms with Gasteiger partial charge in [0.2, 0.25) is 5.91 Å². The summed E-state index contributed by atoms with van der Waals surface area (Å²) in [5, 5.41) is 10.1. The van der Waals surface area contributed by atoms with Crippen molar-refractivity contribution in [3.05, 3.63) is 32.0 Å². The molecule has 0 radical (unpaired) electrons. The van der Waals surface area contributed by atoms with Crippen LogP contribution < -0.4 is 5.32 Å². The van der Waals surface area contributed by atoms with Crippen LogP contribution >= 0.6 is 33.9 Å². The highest BCUT2D eigenvalue weighted by Crippen LogP contribution is 2.11. The summed E-state index contributed by atoms with van der Waals surface area (Å²) in [5.41, 5.74) is 0.914. The van der Waals surface area contributed by atoms with Crippen molar-refractivity contribution in [2.75, 3.05) is 0 Å². The monoisotopic (exact) mass is 390 g/mol. The first-order valence-corrected chi connectivity index (χ1v) is 7.96. The lowest BCUT2D eigenvalue weighted by Crippen LogP contribution is -2.30. The molecule has 7 heteroatoms. The van der Waals surface area contributed by atoms with Crippen LogP contribution in [-0.4, -0.2) is 20.7 Å². The van der Waals surface area contributed by atoms with Gasteiger partial charge in [0.05, 0.1) is 27.0 Å². The Kier molecular flexibility index (Phi) is 4.92. The van der Waals surface area contributed by atoms with Crippen LogP contribution in [0.4, 0.5) is 0 Å². The van der Waals surface area contributed by atoms with Crippen molar-refractivity contribution in [2.24, 2.45) is 0 Å². The third-order valence-electron chi connectivity index (χ3n) is 2.69. The van der Waals surface area contributed by atoms with Gasteiger partial charge in [0, 0.05) is 11.6 Å². The van der Waals surface area contributed by atoms with Gasteiger partial charge in [-0.1, -0.05) is 6.92 Å². The molecule has 1 atom stereocenters. The zero-order valence-electron chi connectivity index (χ0n) is 10.8. The van der Waals surface area contributed by atoms with Crippen LogP contribution in [0.2, 0.25) is 0 Å². The summed E-state index contributed by atoms with van der Waals surface area (Å²) in [6.07, 6.45) is 4.52. The van der Waals surface area contributed by atoms with Gasteiger partial charge >= 0.3 is 0 Å². The van der Waals surface area contributed by atoms with E-state index in [4.69, 9.17) is 0 Å². The fraction of sp³-hybridized carbons (Fsp3) is 0.417. The smallest absolute Gasteiger partial charge is 0.244 e. The van der Waals surface area contributed by atoms with Crippen molar-refractivity contribution < 1.29 is 4.79 Å². The second-order valence-electron chi connectivity index (χ2n) is 4.12. The van der Waals surface area contributed by atoms with Crippen molar-refractivity contribution in [1.29, 1.82) is 0 Å². The Labute approximate surface area is 129 Å². The van der Waals surface area contributed by atoms with Crippen LogP contribution in [0.15, 0.2) is 17.8 Å². The van der Waals surface area contributed by atoms with Crippen LogP contribution in [0.1, 0.15) is 30.6 Å². The molecule has 0 aliphatic heterocycles. The Bertz CT molecular complexity index is 566. The molecule has 1 N–H and O–H groups in total. The van der Waals surface area contributed by atoms with Crippen LogP contribution in [0.25, 0.3) is 0 Å². The van der Waals surface area contributed by atoms with E-state index in [0.29, 0.717) is 6.54 Å². The number of carbonyl (C=O) groups is 1. The maximum absolute atomic E-state index is 12.0. The van der Waals surface area contributed by atoms with Gasteiger partial charge in [0.25, 0.3) is 0 Å². The molecule has 0 saturated heterocycles. The van der Waals surface area contributed by atoms with E-state index in [0.717, 1.165) is 20.7 Å². The number of carbonyl (C=O) groups excluding carboxylic acids is 1. The molecule has 1 amide bonds. The molecule has 0 aliphatic carbocycles. The molecule has 19 heavy (non-hydrogen) atoms. The first kappa shape index (κ1) is 14.4. The number of halogens is 1. The third kappa shape index (κ3) is 3.75. The van der Waals surface area contributed by atoms with E-state index in [1.807, 2.05) is 18.5 Å². The van der Waals surface area contributed by atoms with Crippen LogP contribution in [0.3, 0.4) is 0 Å². The standard InChI is InChI=1S/C12H15IN4OS/c1-3-11-16-10(7-19-11)5-14-12(18)8(2)17-6-9(13)4-15-17/h4,6-8H,3,5H2,1-2H3,(H,14,18). The van der Waals surface area contributed by atoms with E-state index in [1.165, 1.54) is 0 Å². The van der Waals surface area contributed by atoms with Gasteiger partial charge in [-0.2, -0.15) is 5.10 Å². The number of aromatic nitrogens is 3. The molecule has 2 aromatic heterocycles. The van der Waals surface area contributed by atoms with Crippen LogP contribution in [0, 0.1) is 3.57 Å². The van der Waals surface area contributed by atoms with E-state index in [2.05, 4.69) is 44.9 Å². The second kappa shape index (κ2) is 6.47. The van der Waals surface area contributed by atoms with E-state index < -0.39 is 0 Å². The minimum Gasteiger partial charge on any atom is -0.349 e. The van der Waals surface area contributed by atoms with Gasteiger partial charge in [0.15, 0.2) is 0 Å². The van der Waals surface area contributed by atoms with Crippen LogP contribution in [0.5, 0.6) is 0 Å². The molecular formula is C12H15IN4OS. The van der Waals surface area contributed by atoms with Gasteiger partial charge in [0.1, 0.15) is 6.04 Å². The summed E-state index contributed by atoms with van der Waals surface area (Å²) < 4.78 is 2.68. The SMILES string of the molecule is CCc1nc(CNC(=O)C(C)n2cc(I)cn2)cs1. The maximum Gasteiger partial charge on any atom is 0.244 e. The molecule has 2 heterocycles. The van der Waals surface area contributed by atoms with E-state index in [1.54, 1.807) is 22.2 Å². The summed E-state index contributed by atoms with van der Waals surface area (Å²) >= 11 is 3.80. The summed E-state index contributed by atoms with van der Waals surface area (Å²) in [4.78, 5) is 16.4. The molecule has 102 valence electrons. The van der Waals surface area contributed by atoms with Gasteiger partial charge < -0.3 is 5.32 Å². The normalized spacial score (nSPS) is 12.4. The Morgan fingerprint density at radius 3 is 3.00 bits per heavy atom. The Hall–Kier alpha value is -0.960. The number of rotatable bonds is 5. The number of aryl methyl sites for hydroxylation is 1. The van der Waals surface area contributed by atoms with Crippen molar-refractivity contribution in [2.45, 2.75) is 32.9 Å². The number of hydrogen-bond acceptors (Lipinski definition) is 4. The lowest BCUT2D eigenvalue weighted by Gasteiger charge is -2.11. The predicted molar refractivity (Wildman–Crippen MR) is 83.0 cm³/mol. The fourth-order valence-electron chi connectivity index (χ4n) is 1.56. The lowest BCUT2D eigenvalue weighted by atomic mass is 10.3. The van der Waals surface area contributed by atoms with Crippen molar-refractivity contribution in [3.63, 3.8) is 0 Å². The molecule has 0 aliphatic rings. The summed E-state index contributed by atoms with van der Waals surface area (Å²) in [7, 11) is 0. The summed E-state index contributed by atoms with van der Waals surface area (Å²) in [6, 6.07) is -0.312. The highest BCUT2D eigenvalue weighted by atomic mass is 127. The van der Waals surface area contributed by atoms with Crippen molar-refractivity contribution >= 4 is 39.8 Å². The van der Waals surface area contributed by atoms with E-state index >= 15 is 0 Å². The minimum atomic E-state index is -0.312. The molecule has 0 aromatic carbocycles. The first-order chi connectivity index (χ1) is 9.10. The molecule has 2 aromatic rings. The molecule has 1 unspecified atom stereocenters. The summed E-state index contributed by atoms with van der Waals surface area (Å²) in [6.45, 7) is 4.37. The topological polar surface area (TPSA) is 59.8 Å². The molecular weight excluding hydrogens is 375 g/mol. The van der Waals surface area contributed by atoms with Gasteiger partial charge in [-0.25, -0.2) is 4.98 Å². The molecule has 0 fully saturated rings. The number of thiazole rings is 1. The zero-order valence-corrected chi connectivity index (χ0v) is 13.7. The molecule has 5 nitrogen and oxygen atoms in total. The number of amides is 1. The molecule has 0 bridgehead atoms. The average Bonchev–Trinajstić information content (AvgIpc) is 3.03. The highest BCUT2D eigenvalue weighted by Gasteiger charge is 2.15. The predicted octanol–water partition coefficient (Wildman–Crippen LogP) is 2.38. The van der Waals surface area contributed by atoms with Gasteiger partial charge in [-0.3, -0.25) is 9.48 Å². The van der Waals surface area contributed by atoms with Crippen molar-refractivity contribution in [1.82, 2.24) is 20.1 Å². The first-order valence-electron chi connectivity index (χ1n) is 6.00. The Morgan fingerprint density at radius 1 is 1.63 bits per heavy atom. The number of hydrogen-bond donors (Lipinski definition) is 1. The van der Waals surface area contributed by atoms with E-state index in [9.17, 15) is 4.79 Å². The minimum absolute atomic E-state index is 0.0504. The number of nitrogens with zero attached hydrogens (tertiary/aromatic N) is 3. The highest BCUT2D eigenvalue weighted by molar-refractivity contribution is 14.1. The number of nitrogens with one attached hydrogen (secondary N) is 1. The second-order valence-corrected chi connectivity index (χ2v) is 6.31. The third-order valence-corrected chi connectivity index (χ3v) is 4.29. The molecule has 0 spiro atoms. The largest absolute Gasteiger partial charge is 0.349 e. The Balaban J connectivity index is 1.90. The van der Waals surface area contributed by atoms with Crippen LogP contribution in [-0.2, 0) is 17.8 Å². The molecule has 2 rings (SSSR count). The quantitative estimate of drug-likeness (QED) is 0.798. The van der Waals surface area contributed by atoms with Crippen molar-refractivity contribution in [3.8, 4) is 0 Å². The van der Waals surface area contributed by atoms with Gasteiger partial charge in [-0.15, -0.1) is 11.3 Å². The fourth-order valence-corrected chi connectivity index (χ4v) is 2.72. The lowest BCUT2D eigenvalue weighted by molar-refractivity contribution is -0.124. The zero-order chi connectivity index (χ0) is 13.8. The summed E-state index contributed by atoms with van der Waals surface area (Å²) in [5.74, 6) is -0.0504. The van der Waals surface area contributed by atoms with Gasteiger partial charge in [-0.05, 0) is 35.9 Å². The maximum atomic E-state index is 12.0. The Morgan fingerprint density at radius 2 is 2.42 bits per heavy atom. The average molecular weight is 390 g/mol.